The Labute approximate surface area is 231 Å². The van der Waals surface area contributed by atoms with E-state index in [-0.39, 0.29) is 51.8 Å². The lowest BCUT2D eigenvalue weighted by atomic mass is 9.87. The number of aromatic nitrogens is 4. The van der Waals surface area contributed by atoms with E-state index < -0.39 is 35.0 Å². The maximum absolute atomic E-state index is 13.6. The monoisotopic (exact) mass is 554 g/mol. The van der Waals surface area contributed by atoms with Crippen LogP contribution >= 0.6 is 0 Å². The van der Waals surface area contributed by atoms with Crippen LogP contribution in [0, 0.1) is 0 Å². The van der Waals surface area contributed by atoms with Crippen molar-refractivity contribution in [3.05, 3.63) is 72.5 Å². The van der Waals surface area contributed by atoms with Crippen molar-refractivity contribution < 1.29 is 31.8 Å². The minimum absolute atomic E-state index is 0.0616. The number of methoxy groups -OCH3 is 1. The van der Waals surface area contributed by atoms with Crippen molar-refractivity contribution in [2.24, 2.45) is 0 Å². The first-order valence-corrected chi connectivity index (χ1v) is 13.2. The number of aliphatic hydroxyl groups excluding tert-OH is 1. The summed E-state index contributed by atoms with van der Waals surface area (Å²) in [7, 11) is -2.84. The Morgan fingerprint density at radius 2 is 1.64 bits per heavy atom. The van der Waals surface area contributed by atoms with Gasteiger partial charge in [-0.2, -0.15) is 4.98 Å². The summed E-state index contributed by atoms with van der Waals surface area (Å²) in [5, 5.41) is 9.43. The van der Waals surface area contributed by atoms with Crippen LogP contribution in [-0.4, -0.2) is 53.8 Å². The van der Waals surface area contributed by atoms with Gasteiger partial charge in [-0.05, 0) is 41.3 Å². The highest BCUT2D eigenvalue weighted by Gasteiger charge is 2.26. The Bertz CT molecular complexity index is 1680. The molecule has 0 saturated heterocycles. The van der Waals surface area contributed by atoms with Crippen molar-refractivity contribution in [1.29, 1.82) is 0 Å². The van der Waals surface area contributed by atoms with Crippen molar-refractivity contribution >= 4 is 15.8 Å². The molecule has 39 heavy (non-hydrogen) atoms. The lowest BCUT2D eigenvalue weighted by Gasteiger charge is -2.20. The number of hydrogen-bond acceptors (Lipinski definition) is 10. The zero-order valence-electron chi connectivity index (χ0n) is 24.7. The van der Waals surface area contributed by atoms with Gasteiger partial charge in [0.15, 0.2) is 23.1 Å². The average molecular weight is 555 g/mol. The normalized spacial score (nSPS) is 12.7. The fourth-order valence-electron chi connectivity index (χ4n) is 3.38. The van der Waals surface area contributed by atoms with Gasteiger partial charge in [0, 0.05) is 12.3 Å². The fourth-order valence-corrected chi connectivity index (χ4v) is 4.38. The van der Waals surface area contributed by atoms with E-state index in [1.54, 1.807) is 36.4 Å². The van der Waals surface area contributed by atoms with Gasteiger partial charge in [-0.3, -0.25) is 4.72 Å². The summed E-state index contributed by atoms with van der Waals surface area (Å²) in [6.07, 6.45) is -1.11. The predicted molar refractivity (Wildman–Crippen MR) is 145 cm³/mol. The molecule has 2 heterocycles. The van der Waals surface area contributed by atoms with Gasteiger partial charge in [0.2, 0.25) is 11.6 Å². The molecule has 0 unspecified atom stereocenters. The Morgan fingerprint density at radius 1 is 0.974 bits per heavy atom. The maximum atomic E-state index is 13.6. The number of nitrogens with one attached hydrogen (secondary N) is 1. The molecular weight excluding hydrogens is 522 g/mol. The summed E-state index contributed by atoms with van der Waals surface area (Å²) in [6, 6.07) is 12.4. The average Bonchev–Trinajstić information content (AvgIpc) is 2.95. The van der Waals surface area contributed by atoms with Crippen molar-refractivity contribution in [2.45, 2.75) is 31.1 Å². The number of benzene rings is 2. The third-order valence-electron chi connectivity index (χ3n) is 5.34. The highest BCUT2D eigenvalue weighted by Crippen LogP contribution is 2.41. The molecule has 0 aliphatic carbocycles. The van der Waals surface area contributed by atoms with Crippen molar-refractivity contribution in [3.8, 4) is 34.8 Å². The summed E-state index contributed by atoms with van der Waals surface area (Å²) in [4.78, 5) is 16.2. The zero-order chi connectivity index (χ0) is 30.7. The minimum Gasteiger partial charge on any atom is -0.493 e. The van der Waals surface area contributed by atoms with Gasteiger partial charge < -0.3 is 19.3 Å². The number of para-hydroxylation sites is 2. The Balaban J connectivity index is 1.90. The van der Waals surface area contributed by atoms with Crippen molar-refractivity contribution in [1.82, 2.24) is 19.9 Å². The molecule has 204 valence electrons. The molecule has 2 N–H and O–H groups in total. The molecule has 2 aromatic carbocycles. The van der Waals surface area contributed by atoms with Crippen LogP contribution < -0.4 is 18.9 Å². The highest BCUT2D eigenvalue weighted by atomic mass is 32.2. The van der Waals surface area contributed by atoms with Crippen LogP contribution in [0.25, 0.3) is 11.6 Å². The van der Waals surface area contributed by atoms with Gasteiger partial charge >= 0.3 is 0 Å². The van der Waals surface area contributed by atoms with Crippen LogP contribution in [-0.2, 0) is 15.4 Å². The molecule has 4 rings (SSSR count). The molecule has 0 radical (unpaired) electrons. The largest absolute Gasteiger partial charge is 0.493 e. The maximum Gasteiger partial charge on any atom is 0.263 e. The van der Waals surface area contributed by atoms with Gasteiger partial charge in [0.05, 0.1) is 22.7 Å². The second kappa shape index (κ2) is 11.6. The third kappa shape index (κ3) is 6.59. The molecule has 0 amide bonds. The van der Waals surface area contributed by atoms with E-state index in [9.17, 15) is 13.5 Å². The van der Waals surface area contributed by atoms with Crippen LogP contribution in [0.15, 0.2) is 71.8 Å². The molecular formula is C27H29N5O6S. The first kappa shape index (κ1) is 23.8. The van der Waals surface area contributed by atoms with E-state index in [1.165, 1.54) is 19.2 Å². The van der Waals surface area contributed by atoms with Crippen LogP contribution in [0.4, 0.5) is 5.82 Å². The van der Waals surface area contributed by atoms with Crippen LogP contribution in [0.1, 0.15) is 30.4 Å². The van der Waals surface area contributed by atoms with E-state index in [0.29, 0.717) is 5.75 Å². The summed E-state index contributed by atoms with van der Waals surface area (Å²) < 4.78 is 70.1. The van der Waals surface area contributed by atoms with E-state index >= 15 is 0 Å². The lowest BCUT2D eigenvalue weighted by Crippen LogP contribution is -2.17. The number of ether oxygens (including phenoxy) is 3. The predicted octanol–water partition coefficient (Wildman–Crippen LogP) is 4.20. The molecule has 0 bridgehead atoms. The second-order valence-electron chi connectivity index (χ2n) is 9.13. The third-order valence-corrected chi connectivity index (χ3v) is 6.70. The number of hydrogen-bond donors (Lipinski definition) is 2. The van der Waals surface area contributed by atoms with Crippen LogP contribution in [0.2, 0.25) is 0 Å². The van der Waals surface area contributed by atoms with Crippen LogP contribution in [0.3, 0.4) is 0 Å². The Kier molecular flexibility index (Phi) is 7.09. The van der Waals surface area contributed by atoms with E-state index in [2.05, 4.69) is 24.7 Å². The Morgan fingerprint density at radius 3 is 2.26 bits per heavy atom. The summed E-state index contributed by atoms with van der Waals surface area (Å²) in [5.41, 5.74) is 0.728. The SMILES string of the molecule is [2H]c1nc(-c2nc(NS(=O)(=O)c3ccc(C(C)(C)C)cc3)c(Oc3ccccc3OC)c(OCCO)n2)nc([2H])c1[2H]. The van der Waals surface area contributed by atoms with Crippen molar-refractivity contribution in [3.63, 3.8) is 0 Å². The standard InChI is InChI=1S/C27H29N5O6S/c1-27(2,3)18-10-12-19(13-11-18)39(34,35)32-23-22(38-21-9-6-5-8-20(21)36-4)26(37-17-16-33)31-25(30-23)24-28-14-7-15-29-24/h5-15,33H,16-17H2,1-4H3,(H,30,31,32)/i7D,14D,15D. The fraction of sp³-hybridized carbons (Fsp3) is 0.259. The molecule has 4 aromatic rings. The molecule has 0 spiro atoms. The number of sulfonamides is 1. The minimum atomic E-state index is -4.27. The second-order valence-corrected chi connectivity index (χ2v) is 10.8. The van der Waals surface area contributed by atoms with Crippen molar-refractivity contribution in [2.75, 3.05) is 25.0 Å². The molecule has 0 atom stereocenters. The molecule has 0 saturated carbocycles. The van der Waals surface area contributed by atoms with E-state index in [1.807, 2.05) is 20.8 Å². The Hall–Kier alpha value is -4.29. The first-order chi connectivity index (χ1) is 19.8. The number of aliphatic hydroxyl groups is 1. The van der Waals surface area contributed by atoms with Gasteiger partial charge in [-0.25, -0.2) is 23.4 Å². The summed E-state index contributed by atoms with van der Waals surface area (Å²) >= 11 is 0. The van der Waals surface area contributed by atoms with Crippen LogP contribution in [0.5, 0.6) is 23.1 Å². The summed E-state index contributed by atoms with van der Waals surface area (Å²) in [5.74, 6) is -1.09. The van der Waals surface area contributed by atoms with E-state index in [4.69, 9.17) is 18.3 Å². The molecule has 0 aliphatic rings. The smallest absolute Gasteiger partial charge is 0.263 e. The quantitative estimate of drug-likeness (QED) is 0.292. The molecule has 11 nitrogen and oxygen atoms in total. The lowest BCUT2D eigenvalue weighted by molar-refractivity contribution is 0.192. The van der Waals surface area contributed by atoms with Gasteiger partial charge in [0.1, 0.15) is 6.61 Å². The topological polar surface area (TPSA) is 146 Å². The van der Waals surface area contributed by atoms with Gasteiger partial charge in [-0.15, -0.1) is 0 Å². The molecule has 2 aromatic heterocycles. The summed E-state index contributed by atoms with van der Waals surface area (Å²) in [6.45, 7) is 5.36. The van der Waals surface area contributed by atoms with Gasteiger partial charge in [-0.1, -0.05) is 45.0 Å². The zero-order valence-corrected chi connectivity index (χ0v) is 22.5. The first-order valence-electron chi connectivity index (χ1n) is 13.3. The molecule has 0 fully saturated rings. The number of nitrogens with zero attached hydrogens (tertiary/aromatic N) is 4. The molecule has 12 heteroatoms. The van der Waals surface area contributed by atoms with E-state index in [0.717, 1.165) is 5.56 Å². The molecule has 0 aliphatic heterocycles. The number of rotatable bonds is 10. The highest BCUT2D eigenvalue weighted by molar-refractivity contribution is 7.92. The van der Waals surface area contributed by atoms with Gasteiger partial charge in [0.25, 0.3) is 15.9 Å². The number of anilines is 1.